The van der Waals surface area contributed by atoms with Crippen LogP contribution in [0.25, 0.3) is 0 Å². The molecule has 0 radical (unpaired) electrons. The molecule has 0 aliphatic rings. The maximum atomic E-state index is 12.5. The van der Waals surface area contributed by atoms with Crippen LogP contribution >= 0.6 is 0 Å². The molecule has 9 heteroatoms. The second kappa shape index (κ2) is 6.13. The average Bonchev–Trinajstić information content (AvgIpc) is 2.49. The molecule has 1 heterocycles. The van der Waals surface area contributed by atoms with Crippen LogP contribution in [0.15, 0.2) is 35.4 Å². The van der Waals surface area contributed by atoms with Crippen LogP contribution in [0, 0.1) is 6.92 Å². The number of hydrogen-bond donors (Lipinski definition) is 3. The van der Waals surface area contributed by atoms with Crippen LogP contribution in [0.4, 0.5) is 5.69 Å². The highest BCUT2D eigenvalue weighted by Gasteiger charge is 2.25. The van der Waals surface area contributed by atoms with Crippen molar-refractivity contribution in [2.75, 3.05) is 11.8 Å². The zero-order valence-corrected chi connectivity index (χ0v) is 13.1. The van der Waals surface area contributed by atoms with Gasteiger partial charge in [0.05, 0.1) is 7.11 Å². The van der Waals surface area contributed by atoms with Crippen LogP contribution < -0.4 is 9.46 Å². The SMILES string of the molecule is COc1ncccc1NS(=O)(=O)c1cc(C)cc(C(=O)O)c1O. The van der Waals surface area contributed by atoms with E-state index in [1.54, 1.807) is 0 Å². The summed E-state index contributed by atoms with van der Waals surface area (Å²) in [5.41, 5.74) is -0.0602. The van der Waals surface area contributed by atoms with Crippen molar-refractivity contribution in [3.8, 4) is 11.6 Å². The summed E-state index contributed by atoms with van der Waals surface area (Å²) in [5.74, 6) is -2.22. The Hall–Kier alpha value is -2.81. The first-order valence-electron chi connectivity index (χ1n) is 6.35. The zero-order valence-electron chi connectivity index (χ0n) is 12.3. The molecule has 0 aliphatic carbocycles. The summed E-state index contributed by atoms with van der Waals surface area (Å²) < 4.78 is 32.1. The molecule has 0 amide bonds. The molecule has 122 valence electrons. The lowest BCUT2D eigenvalue weighted by Crippen LogP contribution is -2.15. The van der Waals surface area contributed by atoms with Gasteiger partial charge in [0.2, 0.25) is 5.88 Å². The van der Waals surface area contributed by atoms with Crippen molar-refractivity contribution in [3.63, 3.8) is 0 Å². The van der Waals surface area contributed by atoms with E-state index in [9.17, 15) is 18.3 Å². The fourth-order valence-corrected chi connectivity index (χ4v) is 3.20. The number of hydrogen-bond acceptors (Lipinski definition) is 6. The lowest BCUT2D eigenvalue weighted by molar-refractivity contribution is 0.0693. The van der Waals surface area contributed by atoms with Gasteiger partial charge in [0, 0.05) is 6.20 Å². The van der Waals surface area contributed by atoms with Crippen molar-refractivity contribution in [2.45, 2.75) is 11.8 Å². The third kappa shape index (κ3) is 3.34. The van der Waals surface area contributed by atoms with Gasteiger partial charge < -0.3 is 14.9 Å². The van der Waals surface area contributed by atoms with Crippen LogP contribution in [-0.4, -0.2) is 36.7 Å². The van der Waals surface area contributed by atoms with E-state index in [2.05, 4.69) is 9.71 Å². The highest BCUT2D eigenvalue weighted by Crippen LogP contribution is 2.31. The Morgan fingerprint density at radius 3 is 2.65 bits per heavy atom. The van der Waals surface area contributed by atoms with Gasteiger partial charge in [-0.3, -0.25) is 4.72 Å². The molecule has 2 aromatic rings. The molecule has 0 unspecified atom stereocenters. The monoisotopic (exact) mass is 338 g/mol. The summed E-state index contributed by atoms with van der Waals surface area (Å²) in [7, 11) is -2.91. The maximum absolute atomic E-state index is 12.5. The highest BCUT2D eigenvalue weighted by molar-refractivity contribution is 7.92. The Bertz CT molecular complexity index is 864. The van der Waals surface area contributed by atoms with Crippen molar-refractivity contribution in [1.82, 2.24) is 4.98 Å². The topological polar surface area (TPSA) is 126 Å². The van der Waals surface area contributed by atoms with Crippen LogP contribution in [0.3, 0.4) is 0 Å². The summed E-state index contributed by atoms with van der Waals surface area (Å²) in [6, 6.07) is 5.28. The number of aryl methyl sites for hydroxylation is 1. The van der Waals surface area contributed by atoms with Gasteiger partial charge in [-0.1, -0.05) is 0 Å². The first-order valence-corrected chi connectivity index (χ1v) is 7.83. The molecule has 23 heavy (non-hydrogen) atoms. The van der Waals surface area contributed by atoms with Gasteiger partial charge >= 0.3 is 5.97 Å². The summed E-state index contributed by atoms with van der Waals surface area (Å²) in [5, 5.41) is 19.0. The molecule has 2 rings (SSSR count). The number of nitrogens with zero attached hydrogens (tertiary/aromatic N) is 1. The molecular weight excluding hydrogens is 324 g/mol. The third-order valence-corrected chi connectivity index (χ3v) is 4.33. The van der Waals surface area contributed by atoms with E-state index in [4.69, 9.17) is 9.84 Å². The Balaban J connectivity index is 2.54. The lowest BCUT2D eigenvalue weighted by Gasteiger charge is -2.13. The fourth-order valence-electron chi connectivity index (χ4n) is 1.94. The van der Waals surface area contributed by atoms with Crippen LogP contribution in [0.2, 0.25) is 0 Å². The molecule has 0 atom stereocenters. The van der Waals surface area contributed by atoms with Gasteiger partial charge in [-0.15, -0.1) is 0 Å². The van der Waals surface area contributed by atoms with Crippen molar-refractivity contribution in [1.29, 1.82) is 0 Å². The fraction of sp³-hybridized carbons (Fsp3) is 0.143. The number of aromatic hydroxyl groups is 1. The van der Waals surface area contributed by atoms with Crippen molar-refractivity contribution < 1.29 is 28.2 Å². The van der Waals surface area contributed by atoms with Gasteiger partial charge in [-0.05, 0) is 36.8 Å². The third-order valence-electron chi connectivity index (χ3n) is 2.95. The van der Waals surface area contributed by atoms with Gasteiger partial charge in [0.1, 0.15) is 16.1 Å². The molecule has 0 saturated carbocycles. The quantitative estimate of drug-likeness (QED) is 0.756. The predicted octanol–water partition coefficient (Wildman–Crippen LogP) is 1.60. The minimum Gasteiger partial charge on any atom is -0.506 e. The van der Waals surface area contributed by atoms with Crippen LogP contribution in [0.1, 0.15) is 15.9 Å². The number of sulfonamides is 1. The number of carboxylic acids is 1. The normalized spacial score (nSPS) is 11.0. The van der Waals surface area contributed by atoms with E-state index in [0.29, 0.717) is 5.56 Å². The number of aromatic carboxylic acids is 1. The van der Waals surface area contributed by atoms with E-state index in [-0.39, 0.29) is 11.6 Å². The van der Waals surface area contributed by atoms with Crippen molar-refractivity contribution in [2.24, 2.45) is 0 Å². The molecule has 0 fully saturated rings. The zero-order chi connectivity index (χ0) is 17.2. The number of aromatic nitrogens is 1. The number of benzene rings is 1. The maximum Gasteiger partial charge on any atom is 0.339 e. The molecule has 8 nitrogen and oxygen atoms in total. The summed E-state index contributed by atoms with van der Waals surface area (Å²) in [6.07, 6.45) is 1.42. The van der Waals surface area contributed by atoms with E-state index < -0.39 is 32.2 Å². The summed E-state index contributed by atoms with van der Waals surface area (Å²) >= 11 is 0. The molecule has 0 aliphatic heterocycles. The second-order valence-electron chi connectivity index (χ2n) is 4.63. The van der Waals surface area contributed by atoms with E-state index in [0.717, 1.165) is 0 Å². The number of ether oxygens (including phenoxy) is 1. The number of nitrogens with one attached hydrogen (secondary N) is 1. The Labute approximate surface area is 132 Å². The van der Waals surface area contributed by atoms with Crippen molar-refractivity contribution >= 4 is 21.7 Å². The largest absolute Gasteiger partial charge is 0.506 e. The first kappa shape index (κ1) is 16.6. The number of methoxy groups -OCH3 is 1. The van der Waals surface area contributed by atoms with Crippen LogP contribution in [-0.2, 0) is 10.0 Å². The Kier molecular flexibility index (Phi) is 4.41. The van der Waals surface area contributed by atoms with Crippen LogP contribution in [0.5, 0.6) is 11.6 Å². The van der Waals surface area contributed by atoms with Crippen molar-refractivity contribution in [3.05, 3.63) is 41.6 Å². The van der Waals surface area contributed by atoms with E-state index in [1.807, 2.05) is 0 Å². The minimum absolute atomic E-state index is 0.0432. The van der Waals surface area contributed by atoms with E-state index in [1.165, 1.54) is 44.5 Å². The van der Waals surface area contributed by atoms with Gasteiger partial charge in [-0.2, -0.15) is 0 Å². The number of rotatable bonds is 5. The molecule has 0 saturated heterocycles. The molecule has 1 aromatic carbocycles. The lowest BCUT2D eigenvalue weighted by atomic mass is 10.1. The smallest absolute Gasteiger partial charge is 0.339 e. The summed E-state index contributed by atoms with van der Waals surface area (Å²) in [6.45, 7) is 1.52. The summed E-state index contributed by atoms with van der Waals surface area (Å²) in [4.78, 5) is 14.4. The van der Waals surface area contributed by atoms with E-state index >= 15 is 0 Å². The number of carboxylic acid groups (broad SMARTS) is 1. The van der Waals surface area contributed by atoms with Gasteiger partial charge in [-0.25, -0.2) is 18.2 Å². The minimum atomic E-state index is -4.24. The molecule has 3 N–H and O–H groups in total. The first-order chi connectivity index (χ1) is 10.8. The second-order valence-corrected chi connectivity index (χ2v) is 6.28. The molecule has 0 bridgehead atoms. The average molecular weight is 338 g/mol. The standard InChI is InChI=1S/C14H14N2O6S/c1-8-6-9(14(18)19)12(17)11(7-8)23(20,21)16-10-4-3-5-15-13(10)22-2/h3-7,16-17H,1-2H3,(H,18,19). The number of carbonyl (C=O) groups is 1. The predicted molar refractivity (Wildman–Crippen MR) is 81.4 cm³/mol. The number of phenols is 1. The van der Waals surface area contributed by atoms with Gasteiger partial charge in [0.25, 0.3) is 10.0 Å². The molecule has 0 spiro atoms. The number of pyridine rings is 1. The Morgan fingerprint density at radius 2 is 2.04 bits per heavy atom. The molecule has 1 aromatic heterocycles. The van der Waals surface area contributed by atoms with Gasteiger partial charge in [0.15, 0.2) is 5.75 Å². The number of anilines is 1. The highest BCUT2D eigenvalue weighted by atomic mass is 32.2. The molecular formula is C14H14N2O6S. The Morgan fingerprint density at radius 1 is 1.35 bits per heavy atom.